The Morgan fingerprint density at radius 2 is 1.89 bits per heavy atom. The van der Waals surface area contributed by atoms with Crippen LogP contribution in [0, 0.1) is 0 Å². The van der Waals surface area contributed by atoms with Crippen molar-refractivity contribution < 1.29 is 23.7 Å². The van der Waals surface area contributed by atoms with Crippen molar-refractivity contribution in [3.63, 3.8) is 0 Å². The maximum absolute atomic E-state index is 9.61. The van der Waals surface area contributed by atoms with Crippen molar-refractivity contribution >= 4 is 43.5 Å². The molecule has 0 aromatic rings. The Balaban J connectivity index is 0. The average molecular weight is 165 g/mol. The number of amides is 1. The molecule has 0 saturated heterocycles. The number of hydrogen-bond donors (Lipinski definition) is 3. The van der Waals surface area contributed by atoms with E-state index in [4.69, 9.17) is 9.79 Å². The Morgan fingerprint density at radius 3 is 1.89 bits per heavy atom. The first kappa shape index (κ1) is 12.1. The molecule has 0 atom stereocenters. The van der Waals surface area contributed by atoms with Gasteiger partial charge in [0.25, 0.3) is 0 Å². The monoisotopic (exact) mass is 165 g/mol. The fourth-order valence-electron chi connectivity index (χ4n) is 0.117. The number of carbonyl (C=O) groups excluding carboxylic acids is 1. The quantitative estimate of drug-likeness (QED) is 0.324. The summed E-state index contributed by atoms with van der Waals surface area (Å²) in [5, 5.41) is 0. The van der Waals surface area contributed by atoms with E-state index in [0.29, 0.717) is 0 Å². The molecule has 0 spiro atoms. The van der Waals surface area contributed by atoms with E-state index in [1.165, 1.54) is 0 Å². The van der Waals surface area contributed by atoms with Crippen LogP contribution in [0.1, 0.15) is 0 Å². The van der Waals surface area contributed by atoms with Crippen LogP contribution in [0.4, 0.5) is 4.79 Å². The normalized spacial score (nSPS) is 9.56. The first-order valence-corrected chi connectivity index (χ1v) is 2.99. The summed E-state index contributed by atoms with van der Waals surface area (Å²) in [5.41, 5.74) is 4.23. The zero-order valence-corrected chi connectivity index (χ0v) is 4.54. The summed E-state index contributed by atoms with van der Waals surface area (Å²) in [7, 11) is -4.70. The van der Waals surface area contributed by atoms with Gasteiger partial charge in [-0.15, -0.1) is 0 Å². The van der Waals surface area contributed by atoms with E-state index in [9.17, 15) is 9.36 Å². The number of nitrogens with two attached hydrogens (primary N) is 1. The van der Waals surface area contributed by atoms with Crippen LogP contribution in [0.2, 0.25) is 0 Å². The van der Waals surface area contributed by atoms with E-state index < -0.39 is 13.9 Å². The van der Waals surface area contributed by atoms with Gasteiger partial charge >= 0.3 is 43.5 Å². The van der Waals surface area contributed by atoms with Crippen molar-refractivity contribution in [1.82, 2.24) is 0 Å². The molecule has 1 amide bonds. The summed E-state index contributed by atoms with van der Waals surface area (Å²) < 4.78 is 12.9. The molecule has 0 rings (SSSR count). The fourth-order valence-corrected chi connectivity index (χ4v) is 0.352. The summed E-state index contributed by atoms with van der Waals surface area (Å²) in [6.45, 7) is 0. The minimum absolute atomic E-state index is 0. The predicted molar refractivity (Wildman–Crippen MR) is 29.9 cm³/mol. The molecule has 0 heterocycles. The molecular weight excluding hydrogens is 160 g/mol. The van der Waals surface area contributed by atoms with Crippen LogP contribution < -0.4 is 5.73 Å². The molecule has 50 valence electrons. The van der Waals surface area contributed by atoms with Crippen molar-refractivity contribution in [3.05, 3.63) is 0 Å². The van der Waals surface area contributed by atoms with Crippen LogP contribution in [-0.2, 0) is 9.09 Å². The minimum atomic E-state index is -4.70. The first-order chi connectivity index (χ1) is 3.42. The Kier molecular flexibility index (Phi) is 5.75. The van der Waals surface area contributed by atoms with Gasteiger partial charge in [-0.25, -0.2) is 9.36 Å². The summed E-state index contributed by atoms with van der Waals surface area (Å²) in [6, 6.07) is 0. The van der Waals surface area contributed by atoms with E-state index in [-0.39, 0.29) is 29.6 Å². The van der Waals surface area contributed by atoms with Crippen LogP contribution in [0.25, 0.3) is 0 Å². The average Bonchev–Trinajstić information content (AvgIpc) is 1.21. The molecule has 0 aromatic carbocycles. The second-order valence-electron chi connectivity index (χ2n) is 0.901. The van der Waals surface area contributed by atoms with Gasteiger partial charge in [-0.1, -0.05) is 0 Å². The molecule has 6 nitrogen and oxygen atoms in total. The van der Waals surface area contributed by atoms with Gasteiger partial charge in [0.15, 0.2) is 0 Å². The SMILES string of the molecule is NC(=O)OP(=O)(O)O.[NaH]. The molecular formula is CH5NNaO5P. The molecule has 0 radical (unpaired) electrons. The second kappa shape index (κ2) is 4.27. The van der Waals surface area contributed by atoms with Crippen LogP contribution in [0.15, 0.2) is 0 Å². The molecule has 0 aliphatic rings. The zero-order valence-electron chi connectivity index (χ0n) is 3.64. The van der Waals surface area contributed by atoms with Gasteiger partial charge in [-0.2, -0.15) is 0 Å². The van der Waals surface area contributed by atoms with E-state index in [0.717, 1.165) is 0 Å². The number of primary amides is 1. The van der Waals surface area contributed by atoms with Crippen LogP contribution in [-0.4, -0.2) is 45.4 Å². The van der Waals surface area contributed by atoms with E-state index in [1.54, 1.807) is 0 Å². The van der Waals surface area contributed by atoms with Gasteiger partial charge in [-0.3, -0.25) is 9.79 Å². The molecule has 0 aromatic heterocycles. The summed E-state index contributed by atoms with van der Waals surface area (Å²) in [4.78, 5) is 25.1. The van der Waals surface area contributed by atoms with Crippen molar-refractivity contribution in [1.29, 1.82) is 0 Å². The van der Waals surface area contributed by atoms with Gasteiger partial charge in [0.1, 0.15) is 0 Å². The summed E-state index contributed by atoms with van der Waals surface area (Å²) in [5.74, 6) is 0. The summed E-state index contributed by atoms with van der Waals surface area (Å²) in [6.07, 6.45) is -1.49. The van der Waals surface area contributed by atoms with Crippen molar-refractivity contribution in [2.24, 2.45) is 5.73 Å². The molecule has 9 heavy (non-hydrogen) atoms. The van der Waals surface area contributed by atoms with Gasteiger partial charge in [-0.05, 0) is 0 Å². The third kappa shape index (κ3) is 11.8. The van der Waals surface area contributed by atoms with Gasteiger partial charge in [0.2, 0.25) is 0 Å². The van der Waals surface area contributed by atoms with E-state index >= 15 is 0 Å². The standard InChI is InChI=1S/CH4NO5P.Na.H/c2-1(3)7-8(4,5)6;;/h(H2,2,3)(H2,4,5,6);;. The Morgan fingerprint density at radius 1 is 1.56 bits per heavy atom. The van der Waals surface area contributed by atoms with Gasteiger partial charge < -0.3 is 10.3 Å². The van der Waals surface area contributed by atoms with Crippen LogP contribution >= 0.6 is 7.82 Å². The number of hydrogen-bond acceptors (Lipinski definition) is 3. The molecule has 0 bridgehead atoms. The Bertz CT molecular complexity index is 140. The number of phosphoric ester groups is 1. The molecule has 8 heteroatoms. The van der Waals surface area contributed by atoms with Crippen molar-refractivity contribution in [3.8, 4) is 0 Å². The fraction of sp³-hybridized carbons (Fsp3) is 0. The molecule has 0 unspecified atom stereocenters. The first-order valence-electron chi connectivity index (χ1n) is 1.46. The molecule has 0 fully saturated rings. The Labute approximate surface area is 72.9 Å². The zero-order chi connectivity index (χ0) is 6.78. The predicted octanol–water partition coefficient (Wildman–Crippen LogP) is -1.47. The Hall–Kier alpha value is 0.420. The van der Waals surface area contributed by atoms with E-state index in [2.05, 4.69) is 10.3 Å². The van der Waals surface area contributed by atoms with Gasteiger partial charge in [0.05, 0.1) is 0 Å². The second-order valence-corrected chi connectivity index (χ2v) is 2.06. The van der Waals surface area contributed by atoms with Gasteiger partial charge in [0, 0.05) is 0 Å². The third-order valence-corrected chi connectivity index (χ3v) is 0.627. The van der Waals surface area contributed by atoms with Crippen molar-refractivity contribution in [2.45, 2.75) is 0 Å². The number of phosphoric acid groups is 1. The third-order valence-electron chi connectivity index (χ3n) is 0.209. The maximum atomic E-state index is 9.61. The van der Waals surface area contributed by atoms with Crippen LogP contribution in [0.5, 0.6) is 0 Å². The van der Waals surface area contributed by atoms with E-state index in [1.807, 2.05) is 0 Å². The molecule has 0 saturated carbocycles. The summed E-state index contributed by atoms with van der Waals surface area (Å²) >= 11 is 0. The number of rotatable bonds is 1. The molecule has 0 aliphatic heterocycles. The topological polar surface area (TPSA) is 110 Å². The molecule has 4 N–H and O–H groups in total. The number of carbonyl (C=O) groups is 1. The molecule has 0 aliphatic carbocycles. The van der Waals surface area contributed by atoms with Crippen molar-refractivity contribution in [2.75, 3.05) is 0 Å². The van der Waals surface area contributed by atoms with Crippen LogP contribution in [0.3, 0.4) is 0 Å².